The summed E-state index contributed by atoms with van der Waals surface area (Å²) in [6.45, 7) is 1.45. The fraction of sp³-hybridized carbons (Fsp3) is 0.875. The average molecular weight is 175 g/mol. The zero-order valence-corrected chi connectivity index (χ0v) is 8.00. The normalized spacial score (nSPS) is 10.3. The molecule has 0 radical (unpaired) electrons. The first-order valence-electron chi connectivity index (χ1n) is 3.96. The molecule has 0 aliphatic carbocycles. The minimum Gasteiger partial charge on any atom is -0.464 e. The van der Waals surface area contributed by atoms with Gasteiger partial charge < -0.3 is 14.4 Å². The maximum atomic E-state index is 10.7. The summed E-state index contributed by atoms with van der Waals surface area (Å²) in [5, 5.41) is 0. The zero-order chi connectivity index (χ0) is 9.40. The van der Waals surface area contributed by atoms with Crippen LogP contribution in [0.15, 0.2) is 0 Å². The minimum atomic E-state index is -0.295. The second kappa shape index (κ2) is 7.06. The first kappa shape index (κ1) is 11.4. The third-order valence-electron chi connectivity index (χ3n) is 1.27. The average Bonchev–Trinajstić information content (AvgIpc) is 1.98. The third kappa shape index (κ3) is 7.50. The molecule has 0 aliphatic rings. The maximum Gasteiger partial charge on any atom is 0.332 e. The summed E-state index contributed by atoms with van der Waals surface area (Å²) >= 11 is 0. The van der Waals surface area contributed by atoms with E-state index < -0.39 is 0 Å². The van der Waals surface area contributed by atoms with E-state index in [0.29, 0.717) is 6.61 Å². The van der Waals surface area contributed by atoms with E-state index in [1.807, 2.05) is 19.0 Å². The van der Waals surface area contributed by atoms with Gasteiger partial charge in [0.1, 0.15) is 6.61 Å². The Kier molecular flexibility index (Phi) is 6.70. The van der Waals surface area contributed by atoms with Gasteiger partial charge >= 0.3 is 5.97 Å². The highest BCUT2D eigenvalue weighted by molar-refractivity contribution is 5.70. The lowest BCUT2D eigenvalue weighted by atomic mass is 10.4. The minimum absolute atomic E-state index is 0.0436. The number of hydrogen-bond donors (Lipinski definition) is 0. The Morgan fingerprint density at radius 3 is 2.58 bits per heavy atom. The van der Waals surface area contributed by atoms with Crippen molar-refractivity contribution in [2.24, 2.45) is 0 Å². The lowest BCUT2D eigenvalue weighted by Gasteiger charge is -2.08. The number of ether oxygens (including phenoxy) is 2. The van der Waals surface area contributed by atoms with E-state index in [0.717, 1.165) is 13.0 Å². The molecule has 0 aromatic carbocycles. The molecule has 0 spiro atoms. The van der Waals surface area contributed by atoms with Gasteiger partial charge in [-0.05, 0) is 20.5 Å². The van der Waals surface area contributed by atoms with E-state index in [2.05, 4.69) is 4.74 Å². The molecule has 0 atom stereocenters. The van der Waals surface area contributed by atoms with Crippen LogP contribution in [0, 0.1) is 0 Å². The number of nitrogens with zero attached hydrogens (tertiary/aromatic N) is 1. The predicted octanol–water partition coefficient (Wildman–Crippen LogP) is 0.128. The van der Waals surface area contributed by atoms with E-state index >= 15 is 0 Å². The molecule has 72 valence electrons. The number of methoxy groups -OCH3 is 1. The third-order valence-corrected chi connectivity index (χ3v) is 1.27. The fourth-order valence-corrected chi connectivity index (χ4v) is 0.726. The van der Waals surface area contributed by atoms with Gasteiger partial charge in [-0.15, -0.1) is 0 Å². The van der Waals surface area contributed by atoms with Crippen LogP contribution in [0.3, 0.4) is 0 Å². The van der Waals surface area contributed by atoms with Gasteiger partial charge in [-0.25, -0.2) is 4.79 Å². The fourth-order valence-electron chi connectivity index (χ4n) is 0.726. The molecule has 0 amide bonds. The van der Waals surface area contributed by atoms with Gasteiger partial charge in [-0.1, -0.05) is 0 Å². The smallest absolute Gasteiger partial charge is 0.332 e. The molecule has 0 unspecified atom stereocenters. The lowest BCUT2D eigenvalue weighted by Crippen LogP contribution is -2.17. The second-order valence-corrected chi connectivity index (χ2v) is 2.81. The Morgan fingerprint density at radius 1 is 1.42 bits per heavy atom. The summed E-state index contributed by atoms with van der Waals surface area (Å²) < 4.78 is 9.44. The summed E-state index contributed by atoms with van der Waals surface area (Å²) in [4.78, 5) is 12.8. The predicted molar refractivity (Wildman–Crippen MR) is 46.0 cm³/mol. The van der Waals surface area contributed by atoms with Gasteiger partial charge in [-0.2, -0.15) is 0 Å². The van der Waals surface area contributed by atoms with Crippen molar-refractivity contribution in [3.05, 3.63) is 0 Å². The largest absolute Gasteiger partial charge is 0.464 e. The van der Waals surface area contributed by atoms with Crippen LogP contribution in [0.2, 0.25) is 0 Å². The van der Waals surface area contributed by atoms with Gasteiger partial charge in [0.05, 0.1) is 6.61 Å². The molecule has 0 aromatic heterocycles. The van der Waals surface area contributed by atoms with E-state index in [1.54, 1.807) is 0 Å². The van der Waals surface area contributed by atoms with Crippen molar-refractivity contribution in [3.63, 3.8) is 0 Å². The van der Waals surface area contributed by atoms with E-state index in [4.69, 9.17) is 4.74 Å². The van der Waals surface area contributed by atoms with Crippen LogP contribution in [0.1, 0.15) is 6.42 Å². The van der Waals surface area contributed by atoms with Crippen LogP contribution in [0.25, 0.3) is 0 Å². The molecule has 0 aliphatic heterocycles. The van der Waals surface area contributed by atoms with Crippen LogP contribution < -0.4 is 0 Å². The molecular weight excluding hydrogens is 158 g/mol. The lowest BCUT2D eigenvalue weighted by molar-refractivity contribution is -0.148. The van der Waals surface area contributed by atoms with Gasteiger partial charge in [0.25, 0.3) is 0 Å². The van der Waals surface area contributed by atoms with Crippen molar-refractivity contribution >= 4 is 5.97 Å². The van der Waals surface area contributed by atoms with Crippen molar-refractivity contribution < 1.29 is 14.3 Å². The van der Waals surface area contributed by atoms with Crippen LogP contribution in [-0.4, -0.2) is 51.8 Å². The van der Waals surface area contributed by atoms with Crippen LogP contribution in [0.4, 0.5) is 0 Å². The highest BCUT2D eigenvalue weighted by atomic mass is 16.6. The van der Waals surface area contributed by atoms with Crippen LogP contribution >= 0.6 is 0 Å². The monoisotopic (exact) mass is 175 g/mol. The standard InChI is InChI=1S/C8H17NO3/c1-9(2)5-4-6-12-8(10)7-11-3/h4-7H2,1-3H3. The maximum absolute atomic E-state index is 10.7. The highest BCUT2D eigenvalue weighted by Crippen LogP contribution is 1.86. The Labute approximate surface area is 73.4 Å². The topological polar surface area (TPSA) is 38.8 Å². The molecule has 4 heteroatoms. The van der Waals surface area contributed by atoms with Crippen molar-refractivity contribution in [2.45, 2.75) is 6.42 Å². The molecule has 0 aromatic rings. The number of carbonyl (C=O) groups excluding carboxylic acids is 1. The van der Waals surface area contributed by atoms with Gasteiger partial charge in [0, 0.05) is 13.7 Å². The van der Waals surface area contributed by atoms with E-state index in [-0.39, 0.29) is 12.6 Å². The number of esters is 1. The molecule has 12 heavy (non-hydrogen) atoms. The summed E-state index contributed by atoms with van der Waals surface area (Å²) in [7, 11) is 5.44. The molecule has 4 nitrogen and oxygen atoms in total. The SMILES string of the molecule is COCC(=O)OCCCN(C)C. The van der Waals surface area contributed by atoms with Crippen LogP contribution in [0.5, 0.6) is 0 Å². The molecule has 0 rings (SSSR count). The Bertz CT molecular complexity index is 125. The van der Waals surface area contributed by atoms with Crippen molar-refractivity contribution in [1.29, 1.82) is 0 Å². The highest BCUT2D eigenvalue weighted by Gasteiger charge is 2.00. The first-order chi connectivity index (χ1) is 5.66. The molecular formula is C8H17NO3. The Morgan fingerprint density at radius 2 is 2.08 bits per heavy atom. The van der Waals surface area contributed by atoms with Gasteiger partial charge in [0.2, 0.25) is 0 Å². The number of rotatable bonds is 6. The summed E-state index contributed by atoms with van der Waals surface area (Å²) in [6.07, 6.45) is 0.864. The first-order valence-corrected chi connectivity index (χ1v) is 3.96. The van der Waals surface area contributed by atoms with E-state index in [1.165, 1.54) is 7.11 Å². The van der Waals surface area contributed by atoms with Crippen molar-refractivity contribution in [1.82, 2.24) is 4.90 Å². The quantitative estimate of drug-likeness (QED) is 0.425. The molecule has 0 N–H and O–H groups in total. The van der Waals surface area contributed by atoms with Gasteiger partial charge in [-0.3, -0.25) is 0 Å². The Balaban J connectivity index is 3.14. The molecule has 0 bridgehead atoms. The molecule has 0 saturated carbocycles. The molecule has 0 heterocycles. The van der Waals surface area contributed by atoms with Gasteiger partial charge in [0.15, 0.2) is 0 Å². The summed E-state index contributed by atoms with van der Waals surface area (Å²) in [5.41, 5.74) is 0. The Hall–Kier alpha value is -0.610. The van der Waals surface area contributed by atoms with Crippen molar-refractivity contribution in [2.75, 3.05) is 41.0 Å². The molecule has 0 fully saturated rings. The number of carbonyl (C=O) groups is 1. The number of hydrogen-bond acceptors (Lipinski definition) is 4. The van der Waals surface area contributed by atoms with E-state index in [9.17, 15) is 4.79 Å². The van der Waals surface area contributed by atoms with Crippen LogP contribution in [-0.2, 0) is 14.3 Å². The zero-order valence-electron chi connectivity index (χ0n) is 8.00. The summed E-state index contributed by atoms with van der Waals surface area (Å²) in [5.74, 6) is -0.295. The van der Waals surface area contributed by atoms with Crippen molar-refractivity contribution in [3.8, 4) is 0 Å². The summed E-state index contributed by atoms with van der Waals surface area (Å²) in [6, 6.07) is 0. The molecule has 0 saturated heterocycles. The second-order valence-electron chi connectivity index (χ2n) is 2.81.